The minimum atomic E-state index is -0.611. The smallest absolute Gasteiger partial charge is 0.138 e. The number of aromatic amines is 1. The fraction of sp³-hybridized carbons (Fsp3) is 0.0345. The lowest BCUT2D eigenvalue weighted by molar-refractivity contribution is 0.460. The second kappa shape index (κ2) is 7.92. The molecule has 2 heterocycles. The van der Waals surface area contributed by atoms with E-state index >= 15 is 0 Å². The van der Waals surface area contributed by atoms with E-state index in [0.717, 1.165) is 38.7 Å². The molecule has 0 atom stereocenters. The van der Waals surface area contributed by atoms with Crippen molar-refractivity contribution in [2.75, 3.05) is 0 Å². The molecule has 4 aromatic carbocycles. The number of aromatic nitrogens is 4. The Labute approximate surface area is 192 Å². The monoisotopic (exact) mass is 426 g/mol. The Balaban J connectivity index is 1.62. The fourth-order valence-corrected chi connectivity index (χ4v) is 4.71. The molecule has 6 rings (SSSR count). The zero-order chi connectivity index (χ0) is 22.1. The van der Waals surface area contributed by atoms with Crippen LogP contribution in [0.3, 0.4) is 0 Å². The van der Waals surface area contributed by atoms with E-state index in [2.05, 4.69) is 130 Å². The first kappa shape index (κ1) is 19.3. The fourth-order valence-electron chi connectivity index (χ4n) is 4.71. The van der Waals surface area contributed by atoms with Crippen molar-refractivity contribution in [2.45, 2.75) is 5.54 Å². The van der Waals surface area contributed by atoms with Gasteiger partial charge in [0.2, 0.25) is 0 Å². The van der Waals surface area contributed by atoms with Crippen molar-refractivity contribution in [1.82, 2.24) is 20.0 Å². The van der Waals surface area contributed by atoms with E-state index < -0.39 is 5.54 Å². The molecule has 6 aromatic rings. The highest BCUT2D eigenvalue weighted by Crippen LogP contribution is 2.41. The Hall–Kier alpha value is -4.44. The third kappa shape index (κ3) is 3.15. The van der Waals surface area contributed by atoms with E-state index in [1.807, 2.05) is 12.4 Å². The van der Waals surface area contributed by atoms with Gasteiger partial charge in [-0.15, -0.1) is 0 Å². The Bertz CT molecular complexity index is 1400. The lowest BCUT2D eigenvalue weighted by Crippen LogP contribution is -2.38. The van der Waals surface area contributed by atoms with E-state index in [1.165, 1.54) is 0 Å². The Morgan fingerprint density at radius 2 is 1.18 bits per heavy atom. The van der Waals surface area contributed by atoms with E-state index in [4.69, 9.17) is 5.10 Å². The van der Waals surface area contributed by atoms with Crippen molar-refractivity contribution < 1.29 is 0 Å². The van der Waals surface area contributed by atoms with Crippen molar-refractivity contribution in [3.05, 3.63) is 144 Å². The average Bonchev–Trinajstić information content (AvgIpc) is 3.56. The first-order chi connectivity index (χ1) is 16.4. The molecule has 2 aromatic heterocycles. The number of nitrogens with one attached hydrogen (secondary N) is 1. The molecule has 0 bridgehead atoms. The normalized spacial score (nSPS) is 11.6. The highest BCUT2D eigenvalue weighted by atomic mass is 15.3. The van der Waals surface area contributed by atoms with E-state index in [-0.39, 0.29) is 0 Å². The lowest BCUT2D eigenvalue weighted by Gasteiger charge is -2.36. The van der Waals surface area contributed by atoms with E-state index in [9.17, 15) is 0 Å². The summed E-state index contributed by atoms with van der Waals surface area (Å²) in [5, 5.41) is 13.3. The summed E-state index contributed by atoms with van der Waals surface area (Å²) in [5.41, 5.74) is 6.02. The molecule has 0 aliphatic rings. The molecule has 0 aliphatic carbocycles. The molecule has 4 nitrogen and oxygen atoms in total. The van der Waals surface area contributed by atoms with Crippen molar-refractivity contribution in [3.63, 3.8) is 0 Å². The second-order valence-corrected chi connectivity index (χ2v) is 8.15. The summed E-state index contributed by atoms with van der Waals surface area (Å²) in [4.78, 5) is 0. The van der Waals surface area contributed by atoms with Crippen LogP contribution in [0.1, 0.15) is 16.7 Å². The van der Waals surface area contributed by atoms with Gasteiger partial charge in [-0.2, -0.15) is 10.2 Å². The Morgan fingerprint density at radius 3 is 1.76 bits per heavy atom. The third-order valence-corrected chi connectivity index (χ3v) is 6.28. The van der Waals surface area contributed by atoms with Gasteiger partial charge in [0.1, 0.15) is 5.54 Å². The molecular formula is C29H22N4. The topological polar surface area (TPSA) is 46.5 Å². The minimum absolute atomic E-state index is 0.611. The van der Waals surface area contributed by atoms with Crippen LogP contribution in [0.4, 0.5) is 0 Å². The third-order valence-electron chi connectivity index (χ3n) is 6.28. The molecular weight excluding hydrogens is 404 g/mol. The van der Waals surface area contributed by atoms with Crippen LogP contribution in [0, 0.1) is 0 Å². The summed E-state index contributed by atoms with van der Waals surface area (Å²) in [5.74, 6) is 0. The van der Waals surface area contributed by atoms with Gasteiger partial charge in [-0.25, -0.2) is 0 Å². The zero-order valence-electron chi connectivity index (χ0n) is 18.0. The van der Waals surface area contributed by atoms with Gasteiger partial charge < -0.3 is 0 Å². The number of benzene rings is 4. The first-order valence-electron chi connectivity index (χ1n) is 11.0. The summed E-state index contributed by atoms with van der Waals surface area (Å²) in [7, 11) is 0. The number of hydrogen-bond acceptors (Lipinski definition) is 2. The van der Waals surface area contributed by atoms with Crippen molar-refractivity contribution in [2.24, 2.45) is 0 Å². The van der Waals surface area contributed by atoms with Crippen LogP contribution in [-0.4, -0.2) is 20.0 Å². The maximum absolute atomic E-state index is 4.95. The van der Waals surface area contributed by atoms with Gasteiger partial charge in [0, 0.05) is 17.1 Å². The quantitative estimate of drug-likeness (QED) is 0.330. The summed E-state index contributed by atoms with van der Waals surface area (Å²) < 4.78 is 2.10. The highest BCUT2D eigenvalue weighted by molar-refractivity contribution is 5.83. The molecule has 0 unspecified atom stereocenters. The molecule has 0 aliphatic heterocycles. The second-order valence-electron chi connectivity index (χ2n) is 8.15. The average molecular weight is 427 g/mol. The molecule has 0 amide bonds. The maximum Gasteiger partial charge on any atom is 0.138 e. The van der Waals surface area contributed by atoms with Crippen molar-refractivity contribution in [3.8, 4) is 11.1 Å². The molecule has 1 N–H and O–H groups in total. The molecule has 0 saturated carbocycles. The van der Waals surface area contributed by atoms with Gasteiger partial charge in [-0.1, -0.05) is 103 Å². The summed E-state index contributed by atoms with van der Waals surface area (Å²) >= 11 is 0. The number of hydrogen-bond donors (Lipinski definition) is 1. The molecule has 0 radical (unpaired) electrons. The van der Waals surface area contributed by atoms with Crippen LogP contribution in [-0.2, 0) is 5.54 Å². The van der Waals surface area contributed by atoms with Crippen LogP contribution < -0.4 is 0 Å². The first-order valence-corrected chi connectivity index (χ1v) is 11.0. The Morgan fingerprint density at radius 1 is 0.606 bits per heavy atom. The zero-order valence-corrected chi connectivity index (χ0v) is 18.0. The van der Waals surface area contributed by atoms with Crippen molar-refractivity contribution >= 4 is 10.9 Å². The van der Waals surface area contributed by atoms with Crippen LogP contribution in [0.5, 0.6) is 0 Å². The van der Waals surface area contributed by atoms with Gasteiger partial charge in [-0.05, 0) is 28.3 Å². The van der Waals surface area contributed by atoms with Crippen molar-refractivity contribution in [1.29, 1.82) is 0 Å². The number of H-pyrrole nitrogens is 1. The van der Waals surface area contributed by atoms with Crippen LogP contribution >= 0.6 is 0 Å². The standard InChI is InChI=1S/C29H22N4/c1-4-10-25(11-5-1)29(26-12-6-2-7-13-26,27-14-8-3-9-15-27)33-21-24(20-31-33)22-16-17-23-19-30-32-28(23)18-22/h1-21H,(H,30,32). The molecule has 33 heavy (non-hydrogen) atoms. The van der Waals surface area contributed by atoms with Crippen LogP contribution in [0.25, 0.3) is 22.0 Å². The molecule has 0 spiro atoms. The molecule has 0 fully saturated rings. The van der Waals surface area contributed by atoms with Gasteiger partial charge in [-0.3, -0.25) is 9.78 Å². The number of nitrogens with zero attached hydrogens (tertiary/aromatic N) is 3. The predicted molar refractivity (Wildman–Crippen MR) is 132 cm³/mol. The summed E-state index contributed by atoms with van der Waals surface area (Å²) in [6, 6.07) is 38.1. The minimum Gasteiger partial charge on any atom is -0.278 e. The van der Waals surface area contributed by atoms with E-state index in [1.54, 1.807) is 0 Å². The van der Waals surface area contributed by atoms with E-state index in [0.29, 0.717) is 0 Å². The predicted octanol–water partition coefficient (Wildman–Crippen LogP) is 6.27. The highest BCUT2D eigenvalue weighted by Gasteiger charge is 2.39. The SMILES string of the molecule is c1ccc(C(c2ccccc2)(c2ccccc2)n2cc(-c3ccc4cn[nH]c4c3)cn2)cc1. The lowest BCUT2D eigenvalue weighted by atomic mass is 9.77. The maximum atomic E-state index is 4.95. The molecule has 0 saturated heterocycles. The van der Waals surface area contributed by atoms with Crippen LogP contribution in [0.2, 0.25) is 0 Å². The van der Waals surface area contributed by atoms with Gasteiger partial charge in [0.15, 0.2) is 0 Å². The summed E-state index contributed by atoms with van der Waals surface area (Å²) in [6.07, 6.45) is 5.93. The largest absolute Gasteiger partial charge is 0.278 e. The van der Waals surface area contributed by atoms with Gasteiger partial charge in [0.05, 0.1) is 17.9 Å². The molecule has 4 heteroatoms. The summed E-state index contributed by atoms with van der Waals surface area (Å²) in [6.45, 7) is 0. The number of fused-ring (bicyclic) bond motifs is 1. The van der Waals surface area contributed by atoms with Gasteiger partial charge in [0.25, 0.3) is 0 Å². The Kier molecular flexibility index (Phi) is 4.62. The molecule has 158 valence electrons. The van der Waals surface area contributed by atoms with Crippen LogP contribution in [0.15, 0.2) is 128 Å². The number of rotatable bonds is 5. The van der Waals surface area contributed by atoms with Gasteiger partial charge >= 0.3 is 0 Å².